The topological polar surface area (TPSA) is 15.3 Å². The summed E-state index contributed by atoms with van der Waals surface area (Å²) in [6.45, 7) is 4.43. The molecule has 0 spiro atoms. The van der Waals surface area contributed by atoms with Crippen LogP contribution in [-0.2, 0) is 0 Å². The Kier molecular flexibility index (Phi) is 1.88. The molecule has 0 saturated heterocycles. The lowest BCUT2D eigenvalue weighted by atomic mass is 10.1. The van der Waals surface area contributed by atoms with Crippen molar-refractivity contribution < 1.29 is 0 Å². The number of hydrogen-bond acceptors (Lipinski definition) is 2. The fraction of sp³-hybridized carbons (Fsp3) is 0.750. The summed E-state index contributed by atoms with van der Waals surface area (Å²) < 4.78 is 0. The van der Waals surface area contributed by atoms with E-state index in [1.165, 1.54) is 12.8 Å². The maximum Gasteiger partial charge on any atom is 0.106 e. The first kappa shape index (κ1) is 7.45. The Morgan fingerprint density at radius 1 is 1.60 bits per heavy atom. The lowest BCUT2D eigenvalue weighted by Gasteiger charge is -2.33. The van der Waals surface area contributed by atoms with Crippen LogP contribution in [0.1, 0.15) is 26.7 Å². The zero-order chi connectivity index (χ0) is 7.61. The summed E-state index contributed by atoms with van der Waals surface area (Å²) in [7, 11) is 2.10. The fourth-order valence-corrected chi connectivity index (χ4v) is 1.33. The third kappa shape index (κ3) is 1.11. The van der Waals surface area contributed by atoms with E-state index in [1.807, 2.05) is 6.20 Å². The predicted octanol–water partition coefficient (Wildman–Crippen LogP) is 1.51. The molecule has 1 aliphatic rings. The first-order chi connectivity index (χ1) is 4.69. The van der Waals surface area contributed by atoms with Crippen molar-refractivity contribution in [2.45, 2.75) is 32.4 Å². The van der Waals surface area contributed by atoms with Crippen LogP contribution in [-0.4, -0.2) is 17.6 Å². The summed E-state index contributed by atoms with van der Waals surface area (Å²) >= 11 is 0. The molecule has 10 heavy (non-hydrogen) atoms. The Bertz CT molecular complexity index is 142. The smallest absolute Gasteiger partial charge is 0.106 e. The van der Waals surface area contributed by atoms with Crippen LogP contribution in [0.2, 0.25) is 0 Å². The molecule has 0 radical (unpaired) electrons. The second-order valence-corrected chi connectivity index (χ2v) is 3.09. The van der Waals surface area contributed by atoms with Gasteiger partial charge < -0.3 is 10.2 Å². The summed E-state index contributed by atoms with van der Waals surface area (Å²) in [5.74, 6) is 0. The van der Waals surface area contributed by atoms with E-state index in [0.717, 1.165) is 0 Å². The van der Waals surface area contributed by atoms with Gasteiger partial charge in [-0.1, -0.05) is 13.3 Å². The monoisotopic (exact) mass is 140 g/mol. The van der Waals surface area contributed by atoms with E-state index in [2.05, 4.69) is 37.3 Å². The van der Waals surface area contributed by atoms with Gasteiger partial charge in [0.1, 0.15) is 5.66 Å². The molecule has 2 nitrogen and oxygen atoms in total. The van der Waals surface area contributed by atoms with E-state index in [4.69, 9.17) is 0 Å². The molecular formula is C8H16N2. The molecule has 0 aromatic carbocycles. The zero-order valence-corrected chi connectivity index (χ0v) is 7.02. The van der Waals surface area contributed by atoms with Crippen molar-refractivity contribution >= 4 is 0 Å². The van der Waals surface area contributed by atoms with Gasteiger partial charge in [0.15, 0.2) is 0 Å². The number of rotatable bonds is 2. The normalized spacial score (nSPS) is 30.9. The Morgan fingerprint density at radius 2 is 2.30 bits per heavy atom. The summed E-state index contributed by atoms with van der Waals surface area (Å²) in [6.07, 6.45) is 6.50. The summed E-state index contributed by atoms with van der Waals surface area (Å²) in [5.41, 5.74) is 0.175. The molecule has 58 valence electrons. The minimum Gasteiger partial charge on any atom is -0.368 e. The summed E-state index contributed by atoms with van der Waals surface area (Å²) in [6, 6.07) is 0. The fourth-order valence-electron chi connectivity index (χ4n) is 1.33. The average Bonchev–Trinajstić information content (AvgIpc) is 2.15. The third-order valence-electron chi connectivity index (χ3n) is 2.21. The molecule has 0 saturated carbocycles. The SMILES string of the molecule is CCCC1(C)NC=CN1C. The highest BCUT2D eigenvalue weighted by atomic mass is 15.3. The molecule has 1 rings (SSSR count). The Labute approximate surface area is 62.9 Å². The predicted molar refractivity (Wildman–Crippen MR) is 43.4 cm³/mol. The van der Waals surface area contributed by atoms with Crippen molar-refractivity contribution in [3.63, 3.8) is 0 Å². The van der Waals surface area contributed by atoms with Gasteiger partial charge in [-0.05, 0) is 13.3 Å². The summed E-state index contributed by atoms with van der Waals surface area (Å²) in [4.78, 5) is 2.22. The van der Waals surface area contributed by atoms with Crippen molar-refractivity contribution in [3.05, 3.63) is 12.4 Å². The van der Waals surface area contributed by atoms with Crippen molar-refractivity contribution in [2.24, 2.45) is 0 Å². The standard InChI is InChI=1S/C8H16N2/c1-4-5-8(2)9-6-7-10(8)3/h6-7,9H,4-5H2,1-3H3. The maximum absolute atomic E-state index is 3.33. The van der Waals surface area contributed by atoms with Gasteiger partial charge in [-0.15, -0.1) is 0 Å². The highest BCUT2D eigenvalue weighted by Gasteiger charge is 2.27. The van der Waals surface area contributed by atoms with E-state index in [1.54, 1.807) is 0 Å². The second kappa shape index (κ2) is 2.52. The quantitative estimate of drug-likeness (QED) is 0.625. The van der Waals surface area contributed by atoms with Crippen molar-refractivity contribution in [1.29, 1.82) is 0 Å². The van der Waals surface area contributed by atoms with Gasteiger partial charge in [0.2, 0.25) is 0 Å². The molecule has 1 aliphatic heterocycles. The zero-order valence-electron chi connectivity index (χ0n) is 7.02. The summed E-state index contributed by atoms with van der Waals surface area (Å²) in [5, 5.41) is 3.33. The number of nitrogens with one attached hydrogen (secondary N) is 1. The Morgan fingerprint density at radius 3 is 2.70 bits per heavy atom. The first-order valence-corrected chi connectivity index (χ1v) is 3.86. The Hall–Kier alpha value is -0.660. The molecule has 0 aliphatic carbocycles. The van der Waals surface area contributed by atoms with Crippen LogP contribution < -0.4 is 5.32 Å². The van der Waals surface area contributed by atoms with Gasteiger partial charge in [-0.3, -0.25) is 0 Å². The van der Waals surface area contributed by atoms with Crippen LogP contribution in [0.25, 0.3) is 0 Å². The largest absolute Gasteiger partial charge is 0.368 e. The molecule has 1 unspecified atom stereocenters. The highest BCUT2D eigenvalue weighted by Crippen LogP contribution is 2.20. The molecule has 1 N–H and O–H groups in total. The first-order valence-electron chi connectivity index (χ1n) is 3.86. The second-order valence-electron chi connectivity index (χ2n) is 3.09. The van der Waals surface area contributed by atoms with Crippen LogP contribution in [0.4, 0.5) is 0 Å². The molecule has 0 aromatic heterocycles. The van der Waals surface area contributed by atoms with Gasteiger partial charge in [0.25, 0.3) is 0 Å². The van der Waals surface area contributed by atoms with Gasteiger partial charge >= 0.3 is 0 Å². The van der Waals surface area contributed by atoms with E-state index >= 15 is 0 Å². The van der Waals surface area contributed by atoms with Crippen molar-refractivity contribution in [1.82, 2.24) is 10.2 Å². The molecule has 0 fully saturated rings. The van der Waals surface area contributed by atoms with Crippen LogP contribution in [0.15, 0.2) is 12.4 Å². The number of nitrogens with zero attached hydrogens (tertiary/aromatic N) is 1. The van der Waals surface area contributed by atoms with E-state index in [0.29, 0.717) is 0 Å². The van der Waals surface area contributed by atoms with Gasteiger partial charge in [0.05, 0.1) is 0 Å². The van der Waals surface area contributed by atoms with Gasteiger partial charge in [0, 0.05) is 19.4 Å². The molecule has 1 heterocycles. The number of hydrogen-bond donors (Lipinski definition) is 1. The van der Waals surface area contributed by atoms with Crippen LogP contribution in [0, 0.1) is 0 Å². The van der Waals surface area contributed by atoms with Crippen molar-refractivity contribution in [2.75, 3.05) is 7.05 Å². The minimum atomic E-state index is 0.175. The molecule has 0 aromatic rings. The average molecular weight is 140 g/mol. The molecule has 1 atom stereocenters. The van der Waals surface area contributed by atoms with Crippen molar-refractivity contribution in [3.8, 4) is 0 Å². The highest BCUT2D eigenvalue weighted by molar-refractivity contribution is 5.00. The molecule has 0 bridgehead atoms. The Balaban J connectivity index is 2.52. The molecule has 0 amide bonds. The van der Waals surface area contributed by atoms with E-state index in [9.17, 15) is 0 Å². The lowest BCUT2D eigenvalue weighted by molar-refractivity contribution is 0.181. The molecule has 2 heteroatoms. The van der Waals surface area contributed by atoms with Crippen LogP contribution in [0.5, 0.6) is 0 Å². The van der Waals surface area contributed by atoms with Crippen LogP contribution in [0.3, 0.4) is 0 Å². The maximum atomic E-state index is 3.33. The lowest BCUT2D eigenvalue weighted by Crippen LogP contribution is -2.46. The van der Waals surface area contributed by atoms with Gasteiger partial charge in [-0.2, -0.15) is 0 Å². The van der Waals surface area contributed by atoms with Gasteiger partial charge in [-0.25, -0.2) is 0 Å². The van der Waals surface area contributed by atoms with E-state index in [-0.39, 0.29) is 5.66 Å². The van der Waals surface area contributed by atoms with Crippen LogP contribution >= 0.6 is 0 Å². The molecular weight excluding hydrogens is 124 g/mol. The minimum absolute atomic E-state index is 0.175. The van der Waals surface area contributed by atoms with E-state index < -0.39 is 0 Å². The third-order valence-corrected chi connectivity index (χ3v) is 2.21.